The normalized spacial score (nSPS) is 23.9. The summed E-state index contributed by atoms with van der Waals surface area (Å²) < 4.78 is 7.72. The van der Waals surface area contributed by atoms with Gasteiger partial charge in [0.15, 0.2) is 11.8 Å². The monoisotopic (exact) mass is 334 g/mol. The second kappa shape index (κ2) is 7.09. The molecule has 2 saturated heterocycles. The second-order valence-corrected chi connectivity index (χ2v) is 7.71. The van der Waals surface area contributed by atoms with Crippen LogP contribution in [0.15, 0.2) is 4.99 Å². The minimum atomic E-state index is 0.308. The summed E-state index contributed by atoms with van der Waals surface area (Å²) >= 11 is 0. The second-order valence-electron chi connectivity index (χ2n) is 7.71. The van der Waals surface area contributed by atoms with E-state index in [9.17, 15) is 0 Å². The van der Waals surface area contributed by atoms with Gasteiger partial charge < -0.3 is 19.5 Å². The largest absolute Gasteiger partial charge is 0.376 e. The molecule has 0 aromatic carbocycles. The standard InChI is InChI=1S/C17H30N6O/c1-13-20-21-15(22(13)4)11-19-16(18-10-14-6-5-9-24-14)23-8-7-17(2,3)12-23/h14H,5-12H2,1-4H3,(H,18,19). The molecule has 1 N–H and O–H groups in total. The molecule has 0 aliphatic carbocycles. The Morgan fingerprint density at radius 1 is 1.42 bits per heavy atom. The van der Waals surface area contributed by atoms with Gasteiger partial charge in [0.2, 0.25) is 0 Å². The first-order valence-corrected chi connectivity index (χ1v) is 8.94. The first-order valence-electron chi connectivity index (χ1n) is 8.94. The van der Waals surface area contributed by atoms with Crippen LogP contribution < -0.4 is 5.32 Å². The zero-order chi connectivity index (χ0) is 17.2. The van der Waals surface area contributed by atoms with Crippen LogP contribution in [0.25, 0.3) is 0 Å². The fourth-order valence-electron chi connectivity index (χ4n) is 3.31. The lowest BCUT2D eigenvalue weighted by Crippen LogP contribution is -2.43. The molecule has 2 aliphatic rings. The van der Waals surface area contributed by atoms with Gasteiger partial charge in [-0.3, -0.25) is 0 Å². The third-order valence-corrected chi connectivity index (χ3v) is 5.04. The molecule has 7 heteroatoms. The number of likely N-dealkylation sites (tertiary alicyclic amines) is 1. The Morgan fingerprint density at radius 2 is 2.25 bits per heavy atom. The molecule has 7 nitrogen and oxygen atoms in total. The maximum atomic E-state index is 5.73. The first-order chi connectivity index (χ1) is 11.4. The number of hydrogen-bond donors (Lipinski definition) is 1. The molecule has 2 fully saturated rings. The van der Waals surface area contributed by atoms with Crippen molar-refractivity contribution >= 4 is 5.96 Å². The highest BCUT2D eigenvalue weighted by Crippen LogP contribution is 2.28. The Hall–Kier alpha value is -1.63. The van der Waals surface area contributed by atoms with Gasteiger partial charge in [0.05, 0.1) is 6.10 Å². The molecular weight excluding hydrogens is 304 g/mol. The summed E-state index contributed by atoms with van der Waals surface area (Å²) in [7, 11) is 1.98. The van der Waals surface area contributed by atoms with Gasteiger partial charge >= 0.3 is 0 Å². The van der Waals surface area contributed by atoms with Gasteiger partial charge in [-0.25, -0.2) is 4.99 Å². The zero-order valence-corrected chi connectivity index (χ0v) is 15.4. The van der Waals surface area contributed by atoms with Crippen molar-refractivity contribution in [3.05, 3.63) is 11.6 Å². The number of hydrogen-bond acceptors (Lipinski definition) is 4. The third kappa shape index (κ3) is 4.06. The molecule has 24 heavy (non-hydrogen) atoms. The van der Waals surface area contributed by atoms with Crippen molar-refractivity contribution in [2.75, 3.05) is 26.2 Å². The molecule has 1 aromatic rings. The fourth-order valence-corrected chi connectivity index (χ4v) is 3.31. The third-order valence-electron chi connectivity index (χ3n) is 5.04. The zero-order valence-electron chi connectivity index (χ0n) is 15.4. The predicted octanol–water partition coefficient (Wildman–Crippen LogP) is 1.48. The summed E-state index contributed by atoms with van der Waals surface area (Å²) in [5.74, 6) is 2.77. The van der Waals surface area contributed by atoms with Gasteiger partial charge in [0.1, 0.15) is 12.4 Å². The number of guanidine groups is 1. The van der Waals surface area contributed by atoms with Crippen molar-refractivity contribution < 1.29 is 4.74 Å². The Bertz CT molecular complexity index is 588. The minimum absolute atomic E-state index is 0.308. The van der Waals surface area contributed by atoms with E-state index in [0.717, 1.165) is 56.7 Å². The Labute approximate surface area is 144 Å². The van der Waals surface area contributed by atoms with Crippen LogP contribution in [0.5, 0.6) is 0 Å². The highest BCUT2D eigenvalue weighted by Gasteiger charge is 2.31. The maximum Gasteiger partial charge on any atom is 0.194 e. The fraction of sp³-hybridized carbons (Fsp3) is 0.824. The van der Waals surface area contributed by atoms with E-state index in [1.807, 2.05) is 18.5 Å². The first kappa shape index (κ1) is 17.2. The average molecular weight is 334 g/mol. The SMILES string of the molecule is Cc1nnc(CN=C(NCC2CCCO2)N2CCC(C)(C)C2)n1C. The summed E-state index contributed by atoms with van der Waals surface area (Å²) in [6, 6.07) is 0. The van der Waals surface area contributed by atoms with Gasteiger partial charge in [0, 0.05) is 33.3 Å². The van der Waals surface area contributed by atoms with Crippen LogP contribution >= 0.6 is 0 Å². The van der Waals surface area contributed by atoms with Crippen molar-refractivity contribution in [2.45, 2.75) is 52.7 Å². The molecule has 1 aromatic heterocycles. The number of nitrogens with zero attached hydrogens (tertiary/aromatic N) is 5. The summed E-state index contributed by atoms with van der Waals surface area (Å²) in [6.07, 6.45) is 3.79. The van der Waals surface area contributed by atoms with Crippen LogP contribution in [-0.4, -0.2) is 58.0 Å². The van der Waals surface area contributed by atoms with E-state index in [-0.39, 0.29) is 0 Å². The van der Waals surface area contributed by atoms with E-state index in [1.54, 1.807) is 0 Å². The molecular formula is C17H30N6O. The molecule has 3 rings (SSSR count). The lowest BCUT2D eigenvalue weighted by Gasteiger charge is -2.25. The topological polar surface area (TPSA) is 67.6 Å². The van der Waals surface area contributed by atoms with E-state index < -0.39 is 0 Å². The van der Waals surface area contributed by atoms with Gasteiger partial charge in [-0.2, -0.15) is 0 Å². The van der Waals surface area contributed by atoms with E-state index in [0.29, 0.717) is 18.1 Å². The molecule has 1 unspecified atom stereocenters. The molecule has 0 bridgehead atoms. The predicted molar refractivity (Wildman–Crippen MR) is 93.8 cm³/mol. The van der Waals surface area contributed by atoms with Crippen molar-refractivity contribution in [1.82, 2.24) is 25.0 Å². The van der Waals surface area contributed by atoms with Crippen LogP contribution in [0, 0.1) is 12.3 Å². The molecule has 3 heterocycles. The van der Waals surface area contributed by atoms with Crippen LogP contribution in [-0.2, 0) is 18.3 Å². The summed E-state index contributed by atoms with van der Waals surface area (Å²) in [6.45, 7) is 10.9. The Kier molecular flexibility index (Phi) is 5.08. The number of ether oxygens (including phenoxy) is 1. The van der Waals surface area contributed by atoms with Gasteiger partial charge in [-0.05, 0) is 31.6 Å². The molecule has 0 spiro atoms. The van der Waals surface area contributed by atoms with Crippen molar-refractivity contribution in [3.63, 3.8) is 0 Å². The number of aliphatic imine (C=N–C) groups is 1. The summed E-state index contributed by atoms with van der Waals surface area (Å²) in [4.78, 5) is 7.19. The summed E-state index contributed by atoms with van der Waals surface area (Å²) in [5, 5.41) is 11.9. The highest BCUT2D eigenvalue weighted by atomic mass is 16.5. The van der Waals surface area contributed by atoms with Crippen molar-refractivity contribution in [2.24, 2.45) is 17.5 Å². The highest BCUT2D eigenvalue weighted by molar-refractivity contribution is 5.80. The molecule has 0 saturated carbocycles. The van der Waals surface area contributed by atoms with Crippen LogP contribution in [0.4, 0.5) is 0 Å². The van der Waals surface area contributed by atoms with Crippen LogP contribution in [0.2, 0.25) is 0 Å². The Morgan fingerprint density at radius 3 is 2.83 bits per heavy atom. The van der Waals surface area contributed by atoms with Crippen LogP contribution in [0.1, 0.15) is 44.8 Å². The van der Waals surface area contributed by atoms with E-state index in [4.69, 9.17) is 9.73 Å². The smallest absolute Gasteiger partial charge is 0.194 e. The van der Waals surface area contributed by atoms with Gasteiger partial charge in [-0.15, -0.1) is 10.2 Å². The van der Waals surface area contributed by atoms with E-state index in [2.05, 4.69) is 34.3 Å². The number of nitrogens with one attached hydrogen (secondary N) is 1. The lowest BCUT2D eigenvalue weighted by atomic mass is 9.93. The van der Waals surface area contributed by atoms with Crippen LogP contribution in [0.3, 0.4) is 0 Å². The maximum absolute atomic E-state index is 5.73. The van der Waals surface area contributed by atoms with Gasteiger partial charge in [0.25, 0.3) is 0 Å². The Balaban J connectivity index is 1.68. The molecule has 2 aliphatic heterocycles. The molecule has 134 valence electrons. The average Bonchev–Trinajstić information content (AvgIpc) is 3.24. The molecule has 0 amide bonds. The lowest BCUT2D eigenvalue weighted by molar-refractivity contribution is 0.113. The van der Waals surface area contributed by atoms with E-state index >= 15 is 0 Å². The van der Waals surface area contributed by atoms with Crippen molar-refractivity contribution in [3.8, 4) is 0 Å². The quantitative estimate of drug-likeness (QED) is 0.667. The van der Waals surface area contributed by atoms with Gasteiger partial charge in [-0.1, -0.05) is 13.8 Å². The van der Waals surface area contributed by atoms with E-state index in [1.165, 1.54) is 6.42 Å². The molecule has 1 atom stereocenters. The number of aromatic nitrogens is 3. The number of aryl methyl sites for hydroxylation is 1. The summed E-state index contributed by atoms with van der Waals surface area (Å²) in [5.41, 5.74) is 0.341. The molecule has 0 radical (unpaired) electrons. The minimum Gasteiger partial charge on any atom is -0.376 e. The van der Waals surface area contributed by atoms with Crippen molar-refractivity contribution in [1.29, 1.82) is 0 Å². The number of rotatable bonds is 4.